The van der Waals surface area contributed by atoms with Crippen LogP contribution < -0.4 is 0 Å². The highest BCUT2D eigenvalue weighted by Gasteiger charge is 2.32. The predicted octanol–water partition coefficient (Wildman–Crippen LogP) is 4.04. The Kier molecular flexibility index (Phi) is 9.14. The summed E-state index contributed by atoms with van der Waals surface area (Å²) in [5.41, 5.74) is -0.682. The largest absolute Gasteiger partial charge is 0.476 e. The minimum Gasteiger partial charge on any atom is -0.476 e. The maximum atomic E-state index is 12.3. The molecule has 1 unspecified atom stereocenters. The predicted molar refractivity (Wildman–Crippen MR) is 111 cm³/mol. The van der Waals surface area contributed by atoms with E-state index in [-0.39, 0.29) is 17.5 Å². The van der Waals surface area contributed by atoms with E-state index < -0.39 is 11.6 Å². The summed E-state index contributed by atoms with van der Waals surface area (Å²) >= 11 is 2.83. The number of thioether (sulfide) groups is 1. The number of aromatic nitrogens is 1. The van der Waals surface area contributed by atoms with Crippen LogP contribution >= 0.6 is 23.1 Å². The first kappa shape index (κ1) is 23.1. The summed E-state index contributed by atoms with van der Waals surface area (Å²) in [5, 5.41) is 20.9. The SMILES string of the molecule is COCCCC(C)(O)CC=C[C@H]1CCC(=O)[C@@H]1CCSc1nc(C(=O)O)cs1. The number of ketones is 1. The van der Waals surface area contributed by atoms with Crippen molar-refractivity contribution in [3.05, 3.63) is 23.2 Å². The zero-order chi connectivity index (χ0) is 20.6. The van der Waals surface area contributed by atoms with Crippen LogP contribution in [0.25, 0.3) is 0 Å². The summed E-state index contributed by atoms with van der Waals surface area (Å²) in [6.07, 6.45) is 8.39. The fourth-order valence-corrected chi connectivity index (χ4v) is 5.32. The molecule has 0 aliphatic heterocycles. The molecule has 28 heavy (non-hydrogen) atoms. The molecular formula is C20H29NO5S2. The molecule has 1 heterocycles. The molecule has 1 aliphatic carbocycles. The molecule has 1 fully saturated rings. The van der Waals surface area contributed by atoms with Gasteiger partial charge in [-0.25, -0.2) is 9.78 Å². The van der Waals surface area contributed by atoms with Crippen LogP contribution in [0.5, 0.6) is 0 Å². The smallest absolute Gasteiger partial charge is 0.355 e. The third-order valence-electron chi connectivity index (χ3n) is 5.02. The average Bonchev–Trinajstić information content (AvgIpc) is 3.23. The Labute approximate surface area is 174 Å². The van der Waals surface area contributed by atoms with E-state index in [1.165, 1.54) is 28.5 Å². The van der Waals surface area contributed by atoms with Gasteiger partial charge in [0, 0.05) is 37.2 Å². The van der Waals surface area contributed by atoms with Crippen molar-refractivity contribution in [2.75, 3.05) is 19.5 Å². The van der Waals surface area contributed by atoms with Gasteiger partial charge in [0.15, 0.2) is 10.0 Å². The van der Waals surface area contributed by atoms with E-state index in [9.17, 15) is 14.7 Å². The number of thiazole rings is 1. The second kappa shape index (κ2) is 11.1. The van der Waals surface area contributed by atoms with Crippen LogP contribution in [0.3, 0.4) is 0 Å². The Bertz CT molecular complexity index is 686. The number of Topliss-reactive ketones (excluding diaryl/α,β-unsaturated/α-hetero) is 1. The number of nitrogens with zero attached hydrogens (tertiary/aromatic N) is 1. The van der Waals surface area contributed by atoms with Crippen molar-refractivity contribution in [2.45, 2.75) is 55.4 Å². The lowest BCUT2D eigenvalue weighted by molar-refractivity contribution is -0.121. The molecule has 2 N–H and O–H groups in total. The van der Waals surface area contributed by atoms with E-state index in [2.05, 4.69) is 11.1 Å². The number of aromatic carboxylic acids is 1. The van der Waals surface area contributed by atoms with Crippen LogP contribution in [0.1, 0.15) is 55.9 Å². The summed E-state index contributed by atoms with van der Waals surface area (Å²) in [6, 6.07) is 0. The molecular weight excluding hydrogens is 398 g/mol. The number of carbonyl (C=O) groups excluding carboxylic acids is 1. The summed E-state index contributed by atoms with van der Waals surface area (Å²) in [7, 11) is 1.66. The summed E-state index contributed by atoms with van der Waals surface area (Å²) in [4.78, 5) is 27.2. The van der Waals surface area contributed by atoms with Crippen molar-refractivity contribution >= 4 is 34.9 Å². The van der Waals surface area contributed by atoms with Gasteiger partial charge in [-0.1, -0.05) is 23.9 Å². The maximum Gasteiger partial charge on any atom is 0.355 e. The van der Waals surface area contributed by atoms with Crippen LogP contribution in [0, 0.1) is 11.8 Å². The van der Waals surface area contributed by atoms with Crippen LogP contribution in [0.2, 0.25) is 0 Å². The molecule has 0 saturated heterocycles. The van der Waals surface area contributed by atoms with Crippen molar-refractivity contribution in [3.8, 4) is 0 Å². The quantitative estimate of drug-likeness (QED) is 0.295. The van der Waals surface area contributed by atoms with Gasteiger partial charge in [-0.15, -0.1) is 11.3 Å². The molecule has 0 aromatic carbocycles. The first-order chi connectivity index (χ1) is 13.3. The number of aliphatic hydroxyl groups is 1. The number of hydrogen-bond acceptors (Lipinski definition) is 7. The van der Waals surface area contributed by atoms with Gasteiger partial charge >= 0.3 is 5.97 Å². The molecule has 1 saturated carbocycles. The second-order valence-electron chi connectivity index (χ2n) is 7.44. The fourth-order valence-electron chi connectivity index (χ4n) is 3.43. The number of carboxylic acid groups (broad SMARTS) is 1. The lowest BCUT2D eigenvalue weighted by Crippen LogP contribution is -2.23. The standard InChI is InChI=1S/C20H29NO5S2/c1-20(25,10-4-11-26-2)9-3-5-14-6-7-17(22)15(14)8-12-27-19-21-16(13-28-19)18(23)24/h3,5,13-15,25H,4,6-12H2,1-2H3,(H,23,24)/t14-,15+,20?/m0/s1. The van der Waals surface area contributed by atoms with Crippen molar-refractivity contribution < 1.29 is 24.5 Å². The average molecular weight is 428 g/mol. The molecule has 3 atom stereocenters. The van der Waals surface area contributed by atoms with Crippen LogP contribution in [-0.2, 0) is 9.53 Å². The third kappa shape index (κ3) is 7.31. The normalized spacial score (nSPS) is 22.0. The van der Waals surface area contributed by atoms with Crippen molar-refractivity contribution in [1.29, 1.82) is 0 Å². The Morgan fingerprint density at radius 1 is 1.54 bits per heavy atom. The molecule has 0 bridgehead atoms. The molecule has 0 radical (unpaired) electrons. The molecule has 0 amide bonds. The summed E-state index contributed by atoms with van der Waals surface area (Å²) in [5.74, 6) is 0.238. The van der Waals surface area contributed by atoms with Crippen LogP contribution in [0.15, 0.2) is 21.9 Å². The number of carbonyl (C=O) groups is 2. The molecule has 0 spiro atoms. The highest BCUT2D eigenvalue weighted by molar-refractivity contribution is 8.01. The topological polar surface area (TPSA) is 96.7 Å². The fraction of sp³-hybridized carbons (Fsp3) is 0.650. The zero-order valence-corrected chi connectivity index (χ0v) is 18.1. The number of rotatable bonds is 12. The van der Waals surface area contributed by atoms with E-state index in [1.807, 2.05) is 13.0 Å². The minimum atomic E-state index is -1.02. The van der Waals surface area contributed by atoms with Gasteiger partial charge in [-0.3, -0.25) is 4.79 Å². The van der Waals surface area contributed by atoms with E-state index in [1.54, 1.807) is 7.11 Å². The number of carboxylic acids is 1. The van der Waals surface area contributed by atoms with Gasteiger partial charge in [0.25, 0.3) is 0 Å². The zero-order valence-electron chi connectivity index (χ0n) is 16.4. The summed E-state index contributed by atoms with van der Waals surface area (Å²) < 4.78 is 5.75. The van der Waals surface area contributed by atoms with Gasteiger partial charge < -0.3 is 14.9 Å². The molecule has 6 nitrogen and oxygen atoms in total. The van der Waals surface area contributed by atoms with E-state index >= 15 is 0 Å². The monoisotopic (exact) mass is 427 g/mol. The molecule has 156 valence electrons. The van der Waals surface area contributed by atoms with Gasteiger partial charge in [-0.2, -0.15) is 0 Å². The molecule has 2 rings (SSSR count). The number of hydrogen-bond donors (Lipinski definition) is 2. The van der Waals surface area contributed by atoms with Crippen LogP contribution in [-0.4, -0.2) is 52.0 Å². The first-order valence-corrected chi connectivity index (χ1v) is 11.4. The Balaban J connectivity index is 1.80. The lowest BCUT2D eigenvalue weighted by atomic mass is 9.90. The second-order valence-corrected chi connectivity index (χ2v) is 9.64. The van der Waals surface area contributed by atoms with Crippen molar-refractivity contribution in [3.63, 3.8) is 0 Å². The van der Waals surface area contributed by atoms with Crippen LogP contribution in [0.4, 0.5) is 0 Å². The van der Waals surface area contributed by atoms with Gasteiger partial charge in [-0.05, 0) is 44.9 Å². The Morgan fingerprint density at radius 3 is 3.00 bits per heavy atom. The highest BCUT2D eigenvalue weighted by atomic mass is 32.2. The van der Waals surface area contributed by atoms with Gasteiger partial charge in [0.05, 0.1) is 5.60 Å². The van der Waals surface area contributed by atoms with Crippen molar-refractivity contribution in [2.24, 2.45) is 11.8 Å². The minimum absolute atomic E-state index is 0.00102. The first-order valence-electron chi connectivity index (χ1n) is 9.54. The number of allylic oxidation sites excluding steroid dienone is 1. The lowest BCUT2D eigenvalue weighted by Gasteiger charge is -2.22. The third-order valence-corrected chi connectivity index (χ3v) is 7.07. The van der Waals surface area contributed by atoms with E-state index in [0.717, 1.165) is 29.4 Å². The molecule has 1 aromatic rings. The van der Waals surface area contributed by atoms with E-state index in [0.29, 0.717) is 31.7 Å². The van der Waals surface area contributed by atoms with Gasteiger partial charge in [0.2, 0.25) is 0 Å². The number of methoxy groups -OCH3 is 1. The molecule has 8 heteroatoms. The summed E-state index contributed by atoms with van der Waals surface area (Å²) in [6.45, 7) is 2.48. The van der Waals surface area contributed by atoms with Crippen molar-refractivity contribution in [1.82, 2.24) is 4.98 Å². The van der Waals surface area contributed by atoms with E-state index in [4.69, 9.17) is 9.84 Å². The van der Waals surface area contributed by atoms with Gasteiger partial charge in [0.1, 0.15) is 5.78 Å². The molecule has 1 aromatic heterocycles. The Hall–Kier alpha value is -1.22. The Morgan fingerprint density at radius 2 is 2.32 bits per heavy atom. The number of ether oxygens (including phenoxy) is 1. The maximum absolute atomic E-state index is 12.3. The highest BCUT2D eigenvalue weighted by Crippen LogP contribution is 2.35. The molecule has 1 aliphatic rings.